The third kappa shape index (κ3) is 3.52. The number of likely N-dealkylation sites (N-methyl/N-ethyl adjacent to an activating group) is 2. The lowest BCUT2D eigenvalue weighted by Crippen LogP contribution is -2.30. The second-order valence-corrected chi connectivity index (χ2v) is 5.92. The van der Waals surface area contributed by atoms with Crippen molar-refractivity contribution in [3.63, 3.8) is 0 Å². The molecule has 0 amide bonds. The largest absolute Gasteiger partial charge is 0.350 e. The van der Waals surface area contributed by atoms with Crippen molar-refractivity contribution in [3.8, 4) is 0 Å². The molecule has 0 aliphatic carbocycles. The van der Waals surface area contributed by atoms with Crippen LogP contribution in [-0.2, 0) is 9.47 Å². The molecule has 108 valence electrons. The molecular weight excluding hydrogens is 262 g/mol. The minimum absolute atomic E-state index is 0.362. The minimum Gasteiger partial charge on any atom is -0.350 e. The first kappa shape index (κ1) is 14.9. The summed E-state index contributed by atoms with van der Waals surface area (Å²) in [5, 5.41) is 3.18. The van der Waals surface area contributed by atoms with Gasteiger partial charge >= 0.3 is 0 Å². The summed E-state index contributed by atoms with van der Waals surface area (Å²) in [5.41, 5.74) is 0.866. The van der Waals surface area contributed by atoms with E-state index >= 15 is 0 Å². The number of rotatable bonds is 4. The Morgan fingerprint density at radius 3 is 2.74 bits per heavy atom. The van der Waals surface area contributed by atoms with Gasteiger partial charge in [-0.3, -0.25) is 4.90 Å². The van der Waals surface area contributed by atoms with Crippen LogP contribution in [0.2, 0.25) is 0 Å². The third-order valence-electron chi connectivity index (χ3n) is 3.56. The molecule has 1 unspecified atom stereocenters. The summed E-state index contributed by atoms with van der Waals surface area (Å²) in [6, 6.07) is 0.362. The second kappa shape index (κ2) is 6.76. The summed E-state index contributed by atoms with van der Waals surface area (Å²) in [5.74, 6) is 0. The molecule has 2 heterocycles. The van der Waals surface area contributed by atoms with Crippen molar-refractivity contribution < 1.29 is 9.47 Å². The molecule has 1 saturated heterocycles. The van der Waals surface area contributed by atoms with Crippen LogP contribution in [-0.4, -0.2) is 62.7 Å². The molecule has 1 aliphatic heterocycles. The Balaban J connectivity index is 2.15. The quantitative estimate of drug-likeness (QED) is 0.788. The fraction of sp³-hybridized carbons (Fsp3) is 0.769. The highest BCUT2D eigenvalue weighted by atomic mass is 32.1. The zero-order valence-electron chi connectivity index (χ0n) is 12.1. The Labute approximate surface area is 119 Å². The highest BCUT2D eigenvalue weighted by molar-refractivity contribution is 7.09. The normalized spacial score (nSPS) is 22.9. The highest BCUT2D eigenvalue weighted by Gasteiger charge is 2.25. The average molecular weight is 285 g/mol. The van der Waals surface area contributed by atoms with Crippen LogP contribution >= 0.6 is 11.3 Å². The number of methoxy groups -OCH3 is 2. The Kier molecular flexibility index (Phi) is 5.29. The third-order valence-corrected chi connectivity index (χ3v) is 4.53. The summed E-state index contributed by atoms with van der Waals surface area (Å²) in [6.45, 7) is 3.29. The first-order valence-corrected chi connectivity index (χ1v) is 7.43. The molecule has 0 aromatic carbocycles. The van der Waals surface area contributed by atoms with Gasteiger partial charge in [0.2, 0.25) is 6.29 Å². The zero-order chi connectivity index (χ0) is 13.8. The predicted octanol–water partition coefficient (Wildman–Crippen LogP) is 1.74. The Bertz CT molecular complexity index is 395. The van der Waals surface area contributed by atoms with E-state index in [0.717, 1.165) is 30.3 Å². The molecule has 5 nitrogen and oxygen atoms in total. The van der Waals surface area contributed by atoms with Gasteiger partial charge in [0.15, 0.2) is 0 Å². The fourth-order valence-corrected chi connectivity index (χ4v) is 3.41. The second-order valence-electron chi connectivity index (χ2n) is 5.03. The van der Waals surface area contributed by atoms with Gasteiger partial charge in [-0.25, -0.2) is 4.98 Å². The molecule has 0 N–H and O–H groups in total. The first-order valence-electron chi connectivity index (χ1n) is 6.55. The van der Waals surface area contributed by atoms with Crippen LogP contribution in [0, 0.1) is 0 Å². The summed E-state index contributed by atoms with van der Waals surface area (Å²) < 4.78 is 10.5. The lowest BCUT2D eigenvalue weighted by Gasteiger charge is -2.25. The molecule has 1 aromatic heterocycles. The van der Waals surface area contributed by atoms with E-state index in [1.165, 1.54) is 6.42 Å². The van der Waals surface area contributed by atoms with Gasteiger partial charge in [-0.05, 0) is 33.6 Å². The fourth-order valence-electron chi connectivity index (χ4n) is 2.44. The van der Waals surface area contributed by atoms with Crippen molar-refractivity contribution in [2.24, 2.45) is 0 Å². The van der Waals surface area contributed by atoms with Crippen molar-refractivity contribution in [2.45, 2.75) is 18.8 Å². The topological polar surface area (TPSA) is 37.8 Å². The van der Waals surface area contributed by atoms with Crippen molar-refractivity contribution in [1.82, 2.24) is 14.8 Å². The maximum absolute atomic E-state index is 5.26. The van der Waals surface area contributed by atoms with Crippen molar-refractivity contribution in [1.29, 1.82) is 0 Å². The maximum atomic E-state index is 5.26. The Hall–Kier alpha value is -0.530. The Morgan fingerprint density at radius 1 is 1.32 bits per heavy atom. The number of ether oxygens (including phenoxy) is 2. The van der Waals surface area contributed by atoms with Gasteiger partial charge < -0.3 is 14.4 Å². The standard InChI is InChI=1S/C13H23N3O2S/c1-15-6-5-7-16(2)11(8-15)12-14-10(9-19-12)13(17-3)18-4/h9,11,13H,5-8H2,1-4H3. The van der Waals surface area contributed by atoms with E-state index in [-0.39, 0.29) is 6.29 Å². The summed E-state index contributed by atoms with van der Waals surface area (Å²) >= 11 is 1.69. The van der Waals surface area contributed by atoms with Crippen molar-refractivity contribution >= 4 is 11.3 Å². The lowest BCUT2D eigenvalue weighted by molar-refractivity contribution is -0.108. The lowest BCUT2D eigenvalue weighted by atomic mass is 10.2. The van der Waals surface area contributed by atoms with Crippen molar-refractivity contribution in [2.75, 3.05) is 47.9 Å². The van der Waals surface area contributed by atoms with E-state index in [1.807, 2.05) is 5.38 Å². The van der Waals surface area contributed by atoms with Gasteiger partial charge in [-0.1, -0.05) is 0 Å². The SMILES string of the molecule is COC(OC)c1csc(C2CN(C)CCCN2C)n1. The zero-order valence-corrected chi connectivity index (χ0v) is 12.9. The molecule has 1 aliphatic rings. The van der Waals surface area contributed by atoms with E-state index in [0.29, 0.717) is 6.04 Å². The average Bonchev–Trinajstić information content (AvgIpc) is 2.80. The van der Waals surface area contributed by atoms with Crippen LogP contribution in [0.15, 0.2) is 5.38 Å². The molecule has 0 bridgehead atoms. The number of hydrogen-bond acceptors (Lipinski definition) is 6. The van der Waals surface area contributed by atoms with Crippen LogP contribution in [0.5, 0.6) is 0 Å². The molecule has 0 radical (unpaired) electrons. The van der Waals surface area contributed by atoms with E-state index in [2.05, 4.69) is 23.9 Å². The molecule has 1 atom stereocenters. The van der Waals surface area contributed by atoms with Gasteiger partial charge in [0.1, 0.15) is 10.7 Å². The van der Waals surface area contributed by atoms with Gasteiger partial charge in [0.25, 0.3) is 0 Å². The smallest absolute Gasteiger partial charge is 0.201 e. The monoisotopic (exact) mass is 285 g/mol. The minimum atomic E-state index is -0.362. The van der Waals surface area contributed by atoms with Gasteiger partial charge in [-0.15, -0.1) is 11.3 Å². The summed E-state index contributed by atoms with van der Waals surface area (Å²) in [7, 11) is 7.63. The predicted molar refractivity (Wildman–Crippen MR) is 76.4 cm³/mol. The van der Waals surface area contributed by atoms with Crippen LogP contribution in [0.3, 0.4) is 0 Å². The van der Waals surface area contributed by atoms with Crippen LogP contribution in [0.25, 0.3) is 0 Å². The Morgan fingerprint density at radius 2 is 2.05 bits per heavy atom. The summed E-state index contributed by atoms with van der Waals surface area (Å²) in [6.07, 6.45) is 0.847. The van der Waals surface area contributed by atoms with E-state index in [1.54, 1.807) is 25.6 Å². The van der Waals surface area contributed by atoms with Crippen molar-refractivity contribution in [3.05, 3.63) is 16.1 Å². The molecule has 1 aromatic rings. The van der Waals surface area contributed by atoms with Crippen LogP contribution in [0.4, 0.5) is 0 Å². The van der Waals surface area contributed by atoms with Gasteiger partial charge in [0, 0.05) is 26.1 Å². The molecule has 2 rings (SSSR count). The van der Waals surface area contributed by atoms with E-state index in [4.69, 9.17) is 14.5 Å². The van der Waals surface area contributed by atoms with E-state index < -0.39 is 0 Å². The molecule has 0 spiro atoms. The van der Waals surface area contributed by atoms with Crippen LogP contribution < -0.4 is 0 Å². The van der Waals surface area contributed by atoms with Crippen LogP contribution in [0.1, 0.15) is 29.5 Å². The molecular formula is C13H23N3O2S. The number of hydrogen-bond donors (Lipinski definition) is 0. The number of thiazole rings is 1. The van der Waals surface area contributed by atoms with E-state index in [9.17, 15) is 0 Å². The number of nitrogens with zero attached hydrogens (tertiary/aromatic N) is 3. The molecule has 19 heavy (non-hydrogen) atoms. The molecule has 6 heteroatoms. The molecule has 0 saturated carbocycles. The van der Waals surface area contributed by atoms with Gasteiger partial charge in [-0.2, -0.15) is 0 Å². The van der Waals surface area contributed by atoms with Gasteiger partial charge in [0.05, 0.1) is 6.04 Å². The first-order chi connectivity index (χ1) is 9.15. The summed E-state index contributed by atoms with van der Waals surface area (Å²) in [4.78, 5) is 9.47. The highest BCUT2D eigenvalue weighted by Crippen LogP contribution is 2.28. The maximum Gasteiger partial charge on any atom is 0.201 e. The number of aromatic nitrogens is 1. The molecule has 1 fully saturated rings.